The van der Waals surface area contributed by atoms with Gasteiger partial charge in [0.15, 0.2) is 0 Å². The predicted octanol–water partition coefficient (Wildman–Crippen LogP) is 4.26. The van der Waals surface area contributed by atoms with Gasteiger partial charge in [0.2, 0.25) is 0 Å². The van der Waals surface area contributed by atoms with E-state index in [1.807, 2.05) is 0 Å². The number of nitrogens with zero attached hydrogens (tertiary/aromatic N) is 3. The smallest absolute Gasteiger partial charge is 0.137 e. The average molecular weight is 346 g/mol. The first-order chi connectivity index (χ1) is 12.8. The van der Waals surface area contributed by atoms with E-state index in [4.69, 9.17) is 4.98 Å². The highest BCUT2D eigenvalue weighted by molar-refractivity contribution is 5.71. The lowest BCUT2D eigenvalue weighted by molar-refractivity contribution is 0.218. The highest BCUT2D eigenvalue weighted by atomic mass is 15.2. The van der Waals surface area contributed by atoms with E-state index in [-0.39, 0.29) is 0 Å². The molecule has 0 bridgehead atoms. The number of anilines is 1. The Bertz CT molecular complexity index is 950. The summed E-state index contributed by atoms with van der Waals surface area (Å²) < 4.78 is 2.36. The monoisotopic (exact) mass is 346 g/mol. The van der Waals surface area contributed by atoms with E-state index in [0.717, 1.165) is 30.9 Å². The molecule has 134 valence electrons. The third kappa shape index (κ3) is 2.69. The molecule has 26 heavy (non-hydrogen) atoms. The minimum absolute atomic E-state index is 0.983. The maximum atomic E-state index is 5.05. The van der Waals surface area contributed by atoms with Crippen LogP contribution in [0.3, 0.4) is 0 Å². The summed E-state index contributed by atoms with van der Waals surface area (Å²) in [5.41, 5.74) is 8.77. The highest BCUT2D eigenvalue weighted by Crippen LogP contribution is 2.32. The standard InChI is InChI=1S/C22H26N4/c1-16-6-5-7-21-24-22(18-8-9-19-17(14-18)10-11-23-19)20(26(16)21)15-25-12-3-2-4-13-25/h5-9,14,23H,2-4,10-13,15H2,1H3. The quantitative estimate of drug-likeness (QED) is 0.769. The molecular formula is C22H26N4. The normalized spacial score (nSPS) is 17.4. The Morgan fingerprint density at radius 2 is 1.96 bits per heavy atom. The van der Waals surface area contributed by atoms with Crippen LogP contribution in [0, 0.1) is 6.92 Å². The van der Waals surface area contributed by atoms with Gasteiger partial charge in [0.25, 0.3) is 0 Å². The number of nitrogens with one attached hydrogen (secondary N) is 1. The molecule has 2 aliphatic heterocycles. The Morgan fingerprint density at radius 1 is 1.08 bits per heavy atom. The summed E-state index contributed by atoms with van der Waals surface area (Å²) in [7, 11) is 0. The van der Waals surface area contributed by atoms with Crippen molar-refractivity contribution < 1.29 is 0 Å². The molecule has 5 rings (SSSR count). The van der Waals surface area contributed by atoms with Crippen LogP contribution in [0.2, 0.25) is 0 Å². The van der Waals surface area contributed by atoms with Gasteiger partial charge in [-0.15, -0.1) is 0 Å². The molecule has 4 nitrogen and oxygen atoms in total. The van der Waals surface area contributed by atoms with E-state index in [2.05, 4.69) is 57.9 Å². The minimum Gasteiger partial charge on any atom is -0.384 e. The number of likely N-dealkylation sites (tertiary alicyclic amines) is 1. The van der Waals surface area contributed by atoms with Crippen molar-refractivity contribution in [3.8, 4) is 11.3 Å². The summed E-state index contributed by atoms with van der Waals surface area (Å²) in [5.74, 6) is 0. The summed E-state index contributed by atoms with van der Waals surface area (Å²) in [4.78, 5) is 7.65. The first-order valence-corrected chi connectivity index (χ1v) is 9.86. The van der Waals surface area contributed by atoms with Crippen molar-refractivity contribution in [2.75, 3.05) is 25.0 Å². The molecule has 4 heteroatoms. The van der Waals surface area contributed by atoms with Crippen LogP contribution in [0.5, 0.6) is 0 Å². The van der Waals surface area contributed by atoms with Crippen molar-refractivity contribution in [1.29, 1.82) is 0 Å². The van der Waals surface area contributed by atoms with Crippen molar-refractivity contribution in [2.24, 2.45) is 0 Å². The van der Waals surface area contributed by atoms with Gasteiger partial charge in [-0.1, -0.05) is 18.6 Å². The molecule has 1 fully saturated rings. The maximum Gasteiger partial charge on any atom is 0.137 e. The van der Waals surface area contributed by atoms with Crippen molar-refractivity contribution >= 4 is 11.3 Å². The Labute approximate surface area is 154 Å². The molecule has 4 heterocycles. The molecular weight excluding hydrogens is 320 g/mol. The van der Waals surface area contributed by atoms with Gasteiger partial charge >= 0.3 is 0 Å². The Hall–Kier alpha value is -2.33. The van der Waals surface area contributed by atoms with Gasteiger partial charge in [-0.25, -0.2) is 4.98 Å². The third-order valence-electron chi connectivity index (χ3n) is 5.84. The van der Waals surface area contributed by atoms with Crippen LogP contribution in [0.4, 0.5) is 5.69 Å². The Morgan fingerprint density at radius 3 is 2.85 bits per heavy atom. The van der Waals surface area contributed by atoms with Crippen molar-refractivity contribution in [2.45, 2.75) is 39.2 Å². The van der Waals surface area contributed by atoms with Crippen LogP contribution in [0.25, 0.3) is 16.9 Å². The van der Waals surface area contributed by atoms with Gasteiger partial charge in [-0.2, -0.15) is 0 Å². The molecule has 1 N–H and O–H groups in total. The van der Waals surface area contributed by atoms with E-state index in [9.17, 15) is 0 Å². The summed E-state index contributed by atoms with van der Waals surface area (Å²) in [6, 6.07) is 13.2. The summed E-state index contributed by atoms with van der Waals surface area (Å²) >= 11 is 0. The lowest BCUT2D eigenvalue weighted by atomic mass is 10.0. The van der Waals surface area contributed by atoms with E-state index < -0.39 is 0 Å². The summed E-state index contributed by atoms with van der Waals surface area (Å²) in [6.07, 6.45) is 5.11. The number of hydrogen-bond donors (Lipinski definition) is 1. The van der Waals surface area contributed by atoms with E-state index in [1.165, 1.54) is 60.6 Å². The van der Waals surface area contributed by atoms with Crippen LogP contribution in [0.1, 0.15) is 36.2 Å². The lowest BCUT2D eigenvalue weighted by Gasteiger charge is -2.26. The van der Waals surface area contributed by atoms with Crippen LogP contribution >= 0.6 is 0 Å². The fourth-order valence-corrected chi connectivity index (χ4v) is 4.48. The van der Waals surface area contributed by atoms with Crippen LogP contribution in [-0.4, -0.2) is 33.9 Å². The van der Waals surface area contributed by atoms with Crippen LogP contribution in [-0.2, 0) is 13.0 Å². The molecule has 2 aromatic heterocycles. The molecule has 0 radical (unpaired) electrons. The molecule has 0 saturated carbocycles. The van der Waals surface area contributed by atoms with Gasteiger partial charge in [0.05, 0.1) is 11.4 Å². The number of benzene rings is 1. The van der Waals surface area contributed by atoms with E-state index in [0.29, 0.717) is 0 Å². The molecule has 0 aliphatic carbocycles. The fourth-order valence-electron chi connectivity index (χ4n) is 4.48. The molecule has 1 aromatic carbocycles. The second-order valence-electron chi connectivity index (χ2n) is 7.65. The van der Waals surface area contributed by atoms with Gasteiger partial charge in [-0.3, -0.25) is 9.30 Å². The molecule has 2 aliphatic rings. The van der Waals surface area contributed by atoms with Crippen molar-refractivity contribution in [3.05, 3.63) is 53.3 Å². The zero-order valence-electron chi connectivity index (χ0n) is 15.5. The fraction of sp³-hybridized carbons (Fsp3) is 0.409. The number of aromatic nitrogens is 2. The summed E-state index contributed by atoms with van der Waals surface area (Å²) in [6.45, 7) is 6.62. The molecule has 0 atom stereocenters. The van der Waals surface area contributed by atoms with Crippen molar-refractivity contribution in [3.63, 3.8) is 0 Å². The largest absolute Gasteiger partial charge is 0.384 e. The minimum atomic E-state index is 0.983. The van der Waals surface area contributed by atoms with Crippen molar-refractivity contribution in [1.82, 2.24) is 14.3 Å². The third-order valence-corrected chi connectivity index (χ3v) is 5.84. The molecule has 1 saturated heterocycles. The molecule has 0 spiro atoms. The second-order valence-corrected chi connectivity index (χ2v) is 7.65. The Kier molecular flexibility index (Phi) is 3.93. The molecule has 3 aromatic rings. The number of pyridine rings is 1. The average Bonchev–Trinajstić information content (AvgIpc) is 3.27. The SMILES string of the molecule is Cc1cccc2nc(-c3ccc4c(c3)CCN4)c(CN3CCCCC3)n12. The van der Waals surface area contributed by atoms with Gasteiger partial charge in [-0.05, 0) is 69.1 Å². The van der Waals surface area contributed by atoms with E-state index >= 15 is 0 Å². The van der Waals surface area contributed by atoms with Crippen LogP contribution in [0.15, 0.2) is 36.4 Å². The molecule has 0 amide bonds. The Balaban J connectivity index is 1.64. The second kappa shape index (κ2) is 6.44. The predicted molar refractivity (Wildman–Crippen MR) is 107 cm³/mol. The zero-order valence-corrected chi connectivity index (χ0v) is 15.5. The van der Waals surface area contributed by atoms with Gasteiger partial charge in [0, 0.05) is 30.0 Å². The zero-order chi connectivity index (χ0) is 17.5. The number of piperidine rings is 1. The van der Waals surface area contributed by atoms with Gasteiger partial charge < -0.3 is 5.32 Å². The molecule has 0 unspecified atom stereocenters. The number of rotatable bonds is 3. The highest BCUT2D eigenvalue weighted by Gasteiger charge is 2.20. The van der Waals surface area contributed by atoms with Gasteiger partial charge in [0.1, 0.15) is 5.65 Å². The topological polar surface area (TPSA) is 32.6 Å². The first-order valence-electron chi connectivity index (χ1n) is 9.86. The number of hydrogen-bond acceptors (Lipinski definition) is 3. The van der Waals surface area contributed by atoms with Crippen LogP contribution < -0.4 is 5.32 Å². The maximum absolute atomic E-state index is 5.05. The number of fused-ring (bicyclic) bond motifs is 2. The lowest BCUT2D eigenvalue weighted by Crippen LogP contribution is -2.29. The first kappa shape index (κ1) is 15.9. The number of imidazole rings is 1. The number of aryl methyl sites for hydroxylation is 1. The summed E-state index contributed by atoms with van der Waals surface area (Å²) in [5, 5.41) is 3.46. The van der Waals surface area contributed by atoms with E-state index in [1.54, 1.807) is 0 Å².